The number of anilines is 2. The summed E-state index contributed by atoms with van der Waals surface area (Å²) in [5.74, 6) is 0.696. The lowest BCUT2D eigenvalue weighted by Gasteiger charge is -2.20. The fraction of sp³-hybridized carbons (Fsp3) is 0.286. The van der Waals surface area contributed by atoms with Crippen LogP contribution in [-0.2, 0) is 9.59 Å². The van der Waals surface area contributed by atoms with Crippen LogP contribution in [0.5, 0.6) is 11.5 Å². The average molecular weight is 461 g/mol. The van der Waals surface area contributed by atoms with Gasteiger partial charge in [-0.15, -0.1) is 0 Å². The second-order valence-electron chi connectivity index (χ2n) is 8.18. The van der Waals surface area contributed by atoms with Crippen LogP contribution in [-0.4, -0.2) is 24.0 Å². The van der Waals surface area contributed by atoms with E-state index in [1.165, 1.54) is 0 Å². The number of amides is 2. The van der Waals surface area contributed by atoms with Gasteiger partial charge in [-0.3, -0.25) is 9.59 Å². The lowest BCUT2D eigenvalue weighted by Crippen LogP contribution is -2.34. The van der Waals surface area contributed by atoms with Crippen molar-refractivity contribution in [1.29, 1.82) is 0 Å². The van der Waals surface area contributed by atoms with Crippen LogP contribution in [0.3, 0.4) is 0 Å². The third-order valence-electron chi connectivity index (χ3n) is 5.37. The third kappa shape index (κ3) is 6.85. The Hall–Kier alpha value is -3.80. The molecule has 0 fully saturated rings. The van der Waals surface area contributed by atoms with Gasteiger partial charge in [-0.25, -0.2) is 0 Å². The Labute approximate surface area is 201 Å². The molecule has 0 aliphatic heterocycles. The van der Waals surface area contributed by atoms with Gasteiger partial charge < -0.3 is 20.1 Å². The first-order chi connectivity index (χ1) is 16.4. The summed E-state index contributed by atoms with van der Waals surface area (Å²) in [6, 6.07) is 22.2. The van der Waals surface area contributed by atoms with Crippen molar-refractivity contribution < 1.29 is 19.1 Å². The van der Waals surface area contributed by atoms with Gasteiger partial charge in [0, 0.05) is 0 Å². The standard InChI is InChI=1S/C28H32N2O4/c1-5-25(33-21-15-11-19(3)12-16-21)27(31)29-23-9-7-8-10-24(23)30-28(32)26(6-2)34-22-17-13-20(4)14-18-22/h7-18,25-26H,5-6H2,1-4H3,(H,29,31)(H,30,32)/t25-,26-/m0/s1. The fourth-order valence-electron chi connectivity index (χ4n) is 3.33. The van der Waals surface area contributed by atoms with Crippen LogP contribution in [0.1, 0.15) is 37.8 Å². The number of hydrogen-bond acceptors (Lipinski definition) is 4. The van der Waals surface area contributed by atoms with Crippen LogP contribution in [0.2, 0.25) is 0 Å². The molecule has 0 aliphatic carbocycles. The Kier molecular flexibility index (Phi) is 8.68. The number of aryl methyl sites for hydroxylation is 2. The Balaban J connectivity index is 1.67. The largest absolute Gasteiger partial charge is 0.481 e. The highest BCUT2D eigenvalue weighted by Crippen LogP contribution is 2.24. The molecule has 0 spiro atoms. The number of rotatable bonds is 10. The number of carbonyl (C=O) groups excluding carboxylic acids is 2. The first-order valence-corrected chi connectivity index (χ1v) is 11.6. The van der Waals surface area contributed by atoms with E-state index in [0.29, 0.717) is 35.7 Å². The quantitative estimate of drug-likeness (QED) is 0.395. The van der Waals surface area contributed by atoms with Crippen molar-refractivity contribution >= 4 is 23.2 Å². The smallest absolute Gasteiger partial charge is 0.265 e. The van der Waals surface area contributed by atoms with Crippen molar-refractivity contribution in [3.63, 3.8) is 0 Å². The maximum atomic E-state index is 12.9. The van der Waals surface area contributed by atoms with Gasteiger partial charge in [0.1, 0.15) is 11.5 Å². The molecule has 3 aromatic carbocycles. The zero-order valence-corrected chi connectivity index (χ0v) is 20.1. The van der Waals surface area contributed by atoms with E-state index in [2.05, 4.69) is 10.6 Å². The van der Waals surface area contributed by atoms with Crippen molar-refractivity contribution in [2.75, 3.05) is 10.6 Å². The van der Waals surface area contributed by atoms with Crippen LogP contribution < -0.4 is 20.1 Å². The molecule has 2 atom stereocenters. The summed E-state index contributed by atoms with van der Waals surface area (Å²) < 4.78 is 11.8. The molecule has 0 aromatic heterocycles. The Morgan fingerprint density at radius 1 is 0.647 bits per heavy atom. The van der Waals surface area contributed by atoms with Crippen LogP contribution >= 0.6 is 0 Å². The van der Waals surface area contributed by atoms with Crippen LogP contribution in [0.25, 0.3) is 0 Å². The number of carbonyl (C=O) groups is 2. The highest BCUT2D eigenvalue weighted by Gasteiger charge is 2.22. The Bertz CT molecular complexity index is 1010. The molecule has 6 heteroatoms. The number of para-hydroxylation sites is 2. The van der Waals surface area contributed by atoms with E-state index in [1.54, 1.807) is 24.3 Å². The molecule has 34 heavy (non-hydrogen) atoms. The second-order valence-corrected chi connectivity index (χ2v) is 8.18. The van der Waals surface area contributed by atoms with Gasteiger partial charge in [0.05, 0.1) is 11.4 Å². The summed E-state index contributed by atoms with van der Waals surface area (Å²) in [7, 11) is 0. The molecule has 6 nitrogen and oxygen atoms in total. The monoisotopic (exact) mass is 460 g/mol. The number of nitrogens with one attached hydrogen (secondary N) is 2. The average Bonchev–Trinajstić information content (AvgIpc) is 2.84. The summed E-state index contributed by atoms with van der Waals surface area (Å²) in [6.07, 6.45) is -0.341. The molecule has 178 valence electrons. The summed E-state index contributed by atoms with van der Waals surface area (Å²) in [5.41, 5.74) is 3.23. The zero-order valence-electron chi connectivity index (χ0n) is 20.1. The van der Waals surface area contributed by atoms with Crippen LogP contribution in [0.4, 0.5) is 11.4 Å². The van der Waals surface area contributed by atoms with E-state index in [0.717, 1.165) is 11.1 Å². The second kappa shape index (κ2) is 11.9. The normalized spacial score (nSPS) is 12.4. The lowest BCUT2D eigenvalue weighted by molar-refractivity contribution is -0.123. The zero-order chi connectivity index (χ0) is 24.5. The van der Waals surface area contributed by atoms with Crippen LogP contribution in [0.15, 0.2) is 72.8 Å². The van der Waals surface area contributed by atoms with E-state index in [4.69, 9.17) is 9.47 Å². The molecular formula is C28H32N2O4. The van der Waals surface area contributed by atoms with Gasteiger partial charge in [0.15, 0.2) is 12.2 Å². The van der Waals surface area contributed by atoms with Gasteiger partial charge in [0.25, 0.3) is 11.8 Å². The molecule has 0 radical (unpaired) electrons. The van der Waals surface area contributed by atoms with Gasteiger partial charge >= 0.3 is 0 Å². The minimum atomic E-state index is -0.667. The van der Waals surface area contributed by atoms with E-state index in [9.17, 15) is 9.59 Å². The first-order valence-electron chi connectivity index (χ1n) is 11.6. The maximum Gasteiger partial charge on any atom is 0.265 e. The fourth-order valence-corrected chi connectivity index (χ4v) is 3.33. The maximum absolute atomic E-state index is 12.9. The molecule has 3 aromatic rings. The molecule has 3 rings (SSSR count). The van der Waals surface area contributed by atoms with Gasteiger partial charge in [-0.05, 0) is 63.1 Å². The predicted octanol–water partition coefficient (Wildman–Crippen LogP) is 5.90. The van der Waals surface area contributed by atoms with Crippen molar-refractivity contribution in [3.8, 4) is 11.5 Å². The molecule has 0 saturated carbocycles. The predicted molar refractivity (Wildman–Crippen MR) is 135 cm³/mol. The molecule has 0 unspecified atom stereocenters. The summed E-state index contributed by atoms with van der Waals surface area (Å²) in [4.78, 5) is 25.9. The third-order valence-corrected chi connectivity index (χ3v) is 5.37. The van der Waals surface area contributed by atoms with Gasteiger partial charge in [-0.2, -0.15) is 0 Å². The highest BCUT2D eigenvalue weighted by atomic mass is 16.5. The number of hydrogen-bond donors (Lipinski definition) is 2. The van der Waals surface area contributed by atoms with Crippen LogP contribution in [0, 0.1) is 13.8 Å². The molecule has 0 bridgehead atoms. The highest BCUT2D eigenvalue weighted by molar-refractivity contribution is 6.02. The van der Waals surface area contributed by atoms with Gasteiger partial charge in [-0.1, -0.05) is 61.4 Å². The molecule has 0 saturated heterocycles. The minimum Gasteiger partial charge on any atom is -0.481 e. The van der Waals surface area contributed by atoms with Crippen molar-refractivity contribution in [3.05, 3.63) is 83.9 Å². The summed E-state index contributed by atoms with van der Waals surface area (Å²) in [5, 5.41) is 5.78. The molecule has 2 amide bonds. The van der Waals surface area contributed by atoms with E-state index in [1.807, 2.05) is 76.2 Å². The Morgan fingerprint density at radius 3 is 1.32 bits per heavy atom. The van der Waals surface area contributed by atoms with Gasteiger partial charge in [0.2, 0.25) is 0 Å². The molecule has 0 aliphatic rings. The van der Waals surface area contributed by atoms with Crippen molar-refractivity contribution in [2.45, 2.75) is 52.7 Å². The van der Waals surface area contributed by atoms with Crippen molar-refractivity contribution in [2.24, 2.45) is 0 Å². The van der Waals surface area contributed by atoms with E-state index < -0.39 is 12.2 Å². The molecular weight excluding hydrogens is 428 g/mol. The topological polar surface area (TPSA) is 76.7 Å². The molecule has 2 N–H and O–H groups in total. The number of ether oxygens (including phenoxy) is 2. The molecule has 0 heterocycles. The Morgan fingerprint density at radius 2 is 1.00 bits per heavy atom. The summed E-state index contributed by atoms with van der Waals surface area (Å²) >= 11 is 0. The van der Waals surface area contributed by atoms with E-state index >= 15 is 0 Å². The van der Waals surface area contributed by atoms with E-state index in [-0.39, 0.29) is 11.8 Å². The minimum absolute atomic E-state index is 0.285. The lowest BCUT2D eigenvalue weighted by atomic mass is 10.2. The number of benzene rings is 3. The first kappa shape index (κ1) is 24.8. The summed E-state index contributed by atoms with van der Waals surface area (Å²) in [6.45, 7) is 7.77. The van der Waals surface area contributed by atoms with Crippen molar-refractivity contribution in [1.82, 2.24) is 0 Å². The SMILES string of the molecule is CC[C@H](Oc1ccc(C)cc1)C(=O)Nc1ccccc1NC(=O)[C@H](CC)Oc1ccc(C)cc1.